The highest BCUT2D eigenvalue weighted by Crippen LogP contribution is 2.32. The molecule has 6 aromatic rings. The second-order valence-electron chi connectivity index (χ2n) is 12.2. The summed E-state index contributed by atoms with van der Waals surface area (Å²) in [5, 5.41) is 22.0. The normalized spacial score (nSPS) is 10.7. The first-order chi connectivity index (χ1) is 26.7. The van der Waals surface area contributed by atoms with E-state index in [1.54, 1.807) is 27.0 Å². The molecule has 0 radical (unpaired) electrons. The van der Waals surface area contributed by atoms with Crippen LogP contribution in [-0.2, 0) is 41.7 Å². The number of benzene rings is 2. The number of carboxylic acid groups (broad SMARTS) is 1. The smallest absolute Gasteiger partial charge is 0.348 e. The number of nitrogens with zero attached hydrogens (tertiary/aromatic N) is 8. The van der Waals surface area contributed by atoms with Gasteiger partial charge in [0.1, 0.15) is 17.2 Å². The number of ether oxygens (including phenoxy) is 2. The van der Waals surface area contributed by atoms with E-state index in [9.17, 15) is 37.5 Å². The predicted octanol–water partition coefficient (Wildman–Crippen LogP) is 2.72. The summed E-state index contributed by atoms with van der Waals surface area (Å²) >= 11 is 11.8. The number of aryl methyl sites for hydroxylation is 6. The molecule has 6 rings (SSSR count). The van der Waals surface area contributed by atoms with Gasteiger partial charge in [-0.1, -0.05) is 23.2 Å². The molecule has 0 aliphatic rings. The van der Waals surface area contributed by atoms with E-state index >= 15 is 0 Å². The SMILES string of the molecule is Cc1[nH]n(C)c(=O)c1C(=O)c1ccc(Cl)c(OCn2nc(C)n(C)c2=O)c1F.Cc1cc(=O)n(C)[nH]1.Cc1nn(COc2c(Cl)ccc(C(=O)O)c2F)c(=O)n1C. The summed E-state index contributed by atoms with van der Waals surface area (Å²) in [5.41, 5.74) is -1.36. The molecule has 0 saturated carbocycles. The second kappa shape index (κ2) is 17.5. The van der Waals surface area contributed by atoms with Gasteiger partial charge in [-0.05, 0) is 52.0 Å². The van der Waals surface area contributed by atoms with Crippen LogP contribution in [0.1, 0.15) is 49.3 Å². The zero-order chi connectivity index (χ0) is 42.6. The largest absolute Gasteiger partial charge is 0.478 e. The summed E-state index contributed by atoms with van der Waals surface area (Å²) in [5.74, 6) is -4.32. The van der Waals surface area contributed by atoms with Crippen LogP contribution >= 0.6 is 23.2 Å². The van der Waals surface area contributed by atoms with E-state index in [0.717, 1.165) is 25.8 Å². The van der Waals surface area contributed by atoms with Crippen LogP contribution in [0.5, 0.6) is 11.5 Å². The van der Waals surface area contributed by atoms with E-state index in [2.05, 4.69) is 20.4 Å². The Morgan fingerprint density at radius 1 is 0.737 bits per heavy atom. The highest BCUT2D eigenvalue weighted by molar-refractivity contribution is 6.32. The molecule has 0 aliphatic carbocycles. The predicted molar refractivity (Wildman–Crippen MR) is 200 cm³/mol. The number of ketones is 1. The van der Waals surface area contributed by atoms with Crippen molar-refractivity contribution in [3.63, 3.8) is 0 Å². The van der Waals surface area contributed by atoms with Gasteiger partial charge in [0.15, 0.2) is 36.6 Å². The third-order valence-corrected chi connectivity index (χ3v) is 8.82. The van der Waals surface area contributed by atoms with Crippen LogP contribution in [-0.4, -0.2) is 65.1 Å². The fourth-order valence-corrected chi connectivity index (χ4v) is 5.41. The van der Waals surface area contributed by atoms with Crippen molar-refractivity contribution >= 4 is 35.0 Å². The molecule has 19 nitrogen and oxygen atoms in total. The van der Waals surface area contributed by atoms with Gasteiger partial charge in [-0.15, -0.1) is 0 Å². The molecule has 0 fully saturated rings. The Bertz CT molecular complexity index is 2730. The third kappa shape index (κ3) is 9.32. The average Bonchev–Trinajstić information content (AvgIpc) is 3.76. The highest BCUT2D eigenvalue weighted by Gasteiger charge is 2.26. The Morgan fingerprint density at radius 3 is 1.53 bits per heavy atom. The first-order valence-corrected chi connectivity index (χ1v) is 17.1. The highest BCUT2D eigenvalue weighted by atomic mass is 35.5. The monoisotopic (exact) mass is 836 g/mol. The van der Waals surface area contributed by atoms with Crippen LogP contribution in [0.4, 0.5) is 8.78 Å². The lowest BCUT2D eigenvalue weighted by Crippen LogP contribution is -2.25. The van der Waals surface area contributed by atoms with Crippen LogP contribution < -0.4 is 32.0 Å². The molecule has 304 valence electrons. The number of carbonyl (C=O) groups excluding carboxylic acids is 1. The van der Waals surface area contributed by atoms with Gasteiger partial charge in [-0.2, -0.15) is 19.6 Å². The number of halogens is 4. The van der Waals surface area contributed by atoms with Crippen molar-refractivity contribution < 1.29 is 33.0 Å². The van der Waals surface area contributed by atoms with Crippen molar-refractivity contribution in [1.29, 1.82) is 0 Å². The summed E-state index contributed by atoms with van der Waals surface area (Å²) in [7, 11) is 6.20. The molecule has 0 unspecified atom stereocenters. The molecule has 0 spiro atoms. The maximum Gasteiger partial charge on any atom is 0.348 e. The van der Waals surface area contributed by atoms with Crippen molar-refractivity contribution in [1.82, 2.24) is 48.3 Å². The zero-order valence-corrected chi connectivity index (χ0v) is 33.1. The van der Waals surface area contributed by atoms with Crippen molar-refractivity contribution in [2.45, 2.75) is 41.2 Å². The van der Waals surface area contributed by atoms with Crippen LogP contribution in [0.15, 0.2) is 49.5 Å². The molecule has 0 bridgehead atoms. The molecule has 0 amide bonds. The number of H-pyrrole nitrogens is 2. The van der Waals surface area contributed by atoms with Crippen LogP contribution in [0.25, 0.3) is 0 Å². The Hall–Kier alpha value is -6.48. The molecule has 0 saturated heterocycles. The summed E-state index contributed by atoms with van der Waals surface area (Å²) in [6.45, 7) is 5.85. The van der Waals surface area contributed by atoms with Crippen molar-refractivity contribution in [2.75, 3.05) is 0 Å². The lowest BCUT2D eigenvalue weighted by molar-refractivity contribution is 0.0689. The molecule has 3 N–H and O–H groups in total. The number of carbonyl (C=O) groups is 2. The van der Waals surface area contributed by atoms with Gasteiger partial charge in [-0.3, -0.25) is 38.0 Å². The number of aromatic carboxylic acids is 1. The average molecular weight is 838 g/mol. The third-order valence-electron chi connectivity index (χ3n) is 8.22. The molecule has 0 atom stereocenters. The lowest BCUT2D eigenvalue weighted by Gasteiger charge is -2.11. The van der Waals surface area contributed by atoms with E-state index in [1.807, 2.05) is 6.92 Å². The minimum Gasteiger partial charge on any atom is -0.478 e. The molecular weight excluding hydrogens is 801 g/mol. The van der Waals surface area contributed by atoms with E-state index in [1.165, 1.54) is 60.1 Å². The van der Waals surface area contributed by atoms with E-state index in [0.29, 0.717) is 17.3 Å². The minimum absolute atomic E-state index is 0.0162. The van der Waals surface area contributed by atoms with Crippen molar-refractivity contribution in [3.8, 4) is 11.5 Å². The molecule has 4 heterocycles. The minimum atomic E-state index is -1.44. The van der Waals surface area contributed by atoms with Crippen molar-refractivity contribution in [2.24, 2.45) is 28.2 Å². The molecule has 0 aliphatic heterocycles. The van der Waals surface area contributed by atoms with Gasteiger partial charge in [0.25, 0.3) is 11.1 Å². The van der Waals surface area contributed by atoms with Crippen molar-refractivity contribution in [3.05, 3.63) is 133 Å². The number of aromatic amines is 2. The van der Waals surface area contributed by atoms with Gasteiger partial charge in [0.05, 0.1) is 21.2 Å². The van der Waals surface area contributed by atoms with Gasteiger partial charge in [-0.25, -0.2) is 23.2 Å². The Labute approximate surface area is 329 Å². The molecule has 4 aromatic heterocycles. The second-order valence-corrected chi connectivity index (χ2v) is 13.1. The van der Waals surface area contributed by atoms with Gasteiger partial charge in [0, 0.05) is 45.6 Å². The lowest BCUT2D eigenvalue weighted by atomic mass is 10.0. The first kappa shape index (κ1) is 43.3. The van der Waals surface area contributed by atoms with E-state index in [4.69, 9.17) is 37.8 Å². The quantitative estimate of drug-likeness (QED) is 0.179. The molecule has 57 heavy (non-hydrogen) atoms. The molecular formula is C34H36Cl2F2N10O9. The van der Waals surface area contributed by atoms with E-state index in [-0.39, 0.29) is 33.5 Å². The maximum atomic E-state index is 15.0. The topological polar surface area (TPSA) is 228 Å². The first-order valence-electron chi connectivity index (χ1n) is 16.3. The van der Waals surface area contributed by atoms with Gasteiger partial charge < -0.3 is 19.7 Å². The Kier molecular flexibility index (Phi) is 13.3. The van der Waals surface area contributed by atoms with Gasteiger partial charge in [0.2, 0.25) is 5.78 Å². The number of hydrogen-bond acceptors (Lipinski definition) is 10. The number of aromatic nitrogens is 10. The Morgan fingerprint density at radius 2 is 1.19 bits per heavy atom. The summed E-state index contributed by atoms with van der Waals surface area (Å²) in [6.07, 6.45) is 0. The summed E-state index contributed by atoms with van der Waals surface area (Å²) in [4.78, 5) is 70.0. The standard InChI is InChI=1S/C17H17ClFN5O4.C12H11ClFN3O4.C5H8N2O/c1-8-12(16(26)23(4)20-8)14(25)10-5-6-11(18)15(13(10)19)28-7-24-17(27)22(3)9(2)21-24;1-6-15-17(12(20)16(6)2)5-21-10-8(13)4-3-7(9(10)14)11(18)19;1-4-3-5(8)7(2)6-4/h5-6,20H,7H2,1-4H3;3-4H,5H2,1-2H3,(H,18,19);3,6H,1-2H3. The zero-order valence-electron chi connectivity index (χ0n) is 31.6. The summed E-state index contributed by atoms with van der Waals surface area (Å²) < 4.78 is 46.5. The summed E-state index contributed by atoms with van der Waals surface area (Å²) in [6, 6.07) is 6.25. The number of hydrogen-bond donors (Lipinski definition) is 3. The molecule has 2 aromatic carbocycles. The van der Waals surface area contributed by atoms with Crippen LogP contribution in [0.2, 0.25) is 10.0 Å². The van der Waals surface area contributed by atoms with Crippen LogP contribution in [0, 0.1) is 39.3 Å². The van der Waals surface area contributed by atoms with E-state index < -0.39 is 64.1 Å². The number of rotatable bonds is 9. The maximum absolute atomic E-state index is 15.0. The van der Waals surface area contributed by atoms with Gasteiger partial charge >= 0.3 is 17.3 Å². The fraction of sp³-hybridized carbons (Fsp3) is 0.294. The molecule has 23 heteroatoms. The fourth-order valence-electron chi connectivity index (χ4n) is 5.00. The number of nitrogens with one attached hydrogen (secondary N) is 2. The Balaban J connectivity index is 0.000000217. The van der Waals surface area contributed by atoms with Crippen LogP contribution in [0.3, 0.4) is 0 Å². The number of carboxylic acids is 1.